The van der Waals surface area contributed by atoms with Crippen LogP contribution in [0.3, 0.4) is 0 Å². The Bertz CT molecular complexity index is 727. The predicted octanol–water partition coefficient (Wildman–Crippen LogP) is 0.799. The summed E-state index contributed by atoms with van der Waals surface area (Å²) in [7, 11) is 0. The van der Waals surface area contributed by atoms with Crippen molar-refractivity contribution in [2.24, 2.45) is 5.73 Å². The van der Waals surface area contributed by atoms with Gasteiger partial charge in [-0.1, -0.05) is 0 Å². The van der Waals surface area contributed by atoms with Gasteiger partial charge in [-0.3, -0.25) is 14.4 Å². The summed E-state index contributed by atoms with van der Waals surface area (Å²) in [5, 5.41) is 8.75. The van der Waals surface area contributed by atoms with Crippen LogP contribution in [0.1, 0.15) is 31.3 Å². The second kappa shape index (κ2) is 5.25. The summed E-state index contributed by atoms with van der Waals surface area (Å²) >= 11 is 1.26. The van der Waals surface area contributed by atoms with Crippen LogP contribution in [0.5, 0.6) is 0 Å². The van der Waals surface area contributed by atoms with Crippen LogP contribution in [0.2, 0.25) is 0 Å². The average Bonchev–Trinajstić information content (AvgIpc) is 2.65. The first-order valence-electron chi connectivity index (χ1n) is 5.67. The molecular formula is C12H12N4O3S. The number of rotatable bonds is 3. The molecule has 2 heterocycles. The highest BCUT2D eigenvalue weighted by atomic mass is 32.1. The monoisotopic (exact) mass is 292 g/mol. The highest BCUT2D eigenvalue weighted by molar-refractivity contribution is 7.16. The number of aryl methyl sites for hydroxylation is 1. The lowest BCUT2D eigenvalue weighted by atomic mass is 10.1. The Morgan fingerprint density at radius 1 is 1.35 bits per heavy atom. The molecule has 7 nitrogen and oxygen atoms in total. The molecule has 0 aliphatic carbocycles. The maximum absolute atomic E-state index is 12.0. The van der Waals surface area contributed by atoms with E-state index < -0.39 is 17.4 Å². The zero-order valence-corrected chi connectivity index (χ0v) is 11.6. The minimum absolute atomic E-state index is 0.0451. The lowest BCUT2D eigenvalue weighted by Crippen LogP contribution is -2.19. The van der Waals surface area contributed by atoms with E-state index in [1.165, 1.54) is 23.5 Å². The van der Waals surface area contributed by atoms with Gasteiger partial charge in [-0.15, -0.1) is 11.3 Å². The van der Waals surface area contributed by atoms with E-state index in [4.69, 9.17) is 5.73 Å². The maximum Gasteiger partial charge on any atom is 0.276 e. The first-order chi connectivity index (χ1) is 9.40. The maximum atomic E-state index is 12.0. The number of anilines is 1. The van der Waals surface area contributed by atoms with Gasteiger partial charge in [0.15, 0.2) is 0 Å². The number of H-pyrrole nitrogens is 1. The molecule has 0 spiro atoms. The molecule has 0 saturated heterocycles. The second-order valence-corrected chi connectivity index (χ2v) is 5.34. The van der Waals surface area contributed by atoms with Gasteiger partial charge in [0.05, 0.1) is 5.56 Å². The number of primary amides is 1. The standard InChI is InChI=1S/C12H12N4O3S/c1-5-6(2)20-12(9(5)10(13)18)14-11(19)7-3-4-8(17)16-15-7/h3-4H,1-2H3,(H2,13,18)(H,14,19)(H,16,17). The van der Waals surface area contributed by atoms with Gasteiger partial charge in [0.2, 0.25) is 0 Å². The highest BCUT2D eigenvalue weighted by Crippen LogP contribution is 2.32. The van der Waals surface area contributed by atoms with Gasteiger partial charge >= 0.3 is 0 Å². The third-order valence-corrected chi connectivity index (χ3v) is 3.89. The lowest BCUT2D eigenvalue weighted by Gasteiger charge is -2.04. The van der Waals surface area contributed by atoms with E-state index in [1.807, 2.05) is 6.92 Å². The quantitative estimate of drug-likeness (QED) is 0.775. The fourth-order valence-corrected chi connectivity index (χ4v) is 2.71. The lowest BCUT2D eigenvalue weighted by molar-refractivity contribution is 0.100. The number of carbonyl (C=O) groups excluding carboxylic acids is 2. The molecule has 0 aliphatic heterocycles. The normalized spacial score (nSPS) is 10.3. The van der Waals surface area contributed by atoms with Gasteiger partial charge in [0, 0.05) is 10.9 Å². The molecule has 0 fully saturated rings. The van der Waals surface area contributed by atoms with Crippen LogP contribution < -0.4 is 16.6 Å². The Balaban J connectivity index is 2.33. The average molecular weight is 292 g/mol. The number of aromatic amines is 1. The number of aromatic nitrogens is 2. The van der Waals surface area contributed by atoms with Crippen LogP contribution in [-0.2, 0) is 0 Å². The van der Waals surface area contributed by atoms with Gasteiger partial charge in [0.1, 0.15) is 10.7 Å². The summed E-state index contributed by atoms with van der Waals surface area (Å²) in [6.07, 6.45) is 0. The van der Waals surface area contributed by atoms with Gasteiger partial charge in [-0.25, -0.2) is 5.10 Å². The number of nitrogens with zero attached hydrogens (tertiary/aromatic N) is 1. The predicted molar refractivity (Wildman–Crippen MR) is 75.1 cm³/mol. The highest BCUT2D eigenvalue weighted by Gasteiger charge is 2.19. The Hall–Kier alpha value is -2.48. The van der Waals surface area contributed by atoms with Crippen molar-refractivity contribution >= 4 is 28.2 Å². The molecule has 2 aromatic heterocycles. The van der Waals surface area contributed by atoms with Crippen molar-refractivity contribution in [3.05, 3.63) is 44.2 Å². The molecule has 0 unspecified atom stereocenters. The molecule has 104 valence electrons. The van der Waals surface area contributed by atoms with Crippen molar-refractivity contribution in [2.75, 3.05) is 5.32 Å². The van der Waals surface area contributed by atoms with E-state index in [0.717, 1.165) is 10.4 Å². The smallest absolute Gasteiger partial charge is 0.276 e. The third-order valence-electron chi connectivity index (χ3n) is 2.77. The topological polar surface area (TPSA) is 118 Å². The van der Waals surface area contributed by atoms with Crippen molar-refractivity contribution < 1.29 is 9.59 Å². The molecule has 0 radical (unpaired) electrons. The molecule has 20 heavy (non-hydrogen) atoms. The number of nitrogens with two attached hydrogens (primary N) is 1. The van der Waals surface area contributed by atoms with E-state index in [9.17, 15) is 14.4 Å². The van der Waals surface area contributed by atoms with E-state index in [2.05, 4.69) is 15.5 Å². The number of amides is 2. The van der Waals surface area contributed by atoms with E-state index in [0.29, 0.717) is 10.6 Å². The van der Waals surface area contributed by atoms with Crippen LogP contribution in [0.15, 0.2) is 16.9 Å². The Kier molecular flexibility index (Phi) is 3.66. The third kappa shape index (κ3) is 2.59. The van der Waals surface area contributed by atoms with Crippen molar-refractivity contribution in [1.82, 2.24) is 10.2 Å². The molecule has 0 bridgehead atoms. The minimum Gasteiger partial charge on any atom is -0.365 e. The SMILES string of the molecule is Cc1sc(NC(=O)c2ccc(=O)[nH]n2)c(C(N)=O)c1C. The van der Waals surface area contributed by atoms with Crippen LogP contribution in [-0.4, -0.2) is 22.0 Å². The van der Waals surface area contributed by atoms with E-state index in [1.54, 1.807) is 6.92 Å². The van der Waals surface area contributed by atoms with Gasteiger partial charge in [-0.2, -0.15) is 5.10 Å². The van der Waals surface area contributed by atoms with Gasteiger partial charge in [-0.05, 0) is 25.5 Å². The first kappa shape index (κ1) is 13.9. The number of carbonyl (C=O) groups is 2. The second-order valence-electron chi connectivity index (χ2n) is 4.11. The molecular weight excluding hydrogens is 280 g/mol. The van der Waals surface area contributed by atoms with Crippen molar-refractivity contribution in [3.8, 4) is 0 Å². The van der Waals surface area contributed by atoms with Crippen LogP contribution >= 0.6 is 11.3 Å². The Morgan fingerprint density at radius 2 is 2.05 bits per heavy atom. The summed E-state index contributed by atoms with van der Waals surface area (Å²) in [5.74, 6) is -1.12. The largest absolute Gasteiger partial charge is 0.365 e. The Morgan fingerprint density at radius 3 is 2.60 bits per heavy atom. The fourth-order valence-electron chi connectivity index (χ4n) is 1.65. The minimum atomic E-state index is -0.600. The summed E-state index contributed by atoms with van der Waals surface area (Å²) in [6.45, 7) is 3.60. The van der Waals surface area contributed by atoms with Gasteiger partial charge < -0.3 is 11.1 Å². The summed E-state index contributed by atoms with van der Waals surface area (Å²) < 4.78 is 0. The summed E-state index contributed by atoms with van der Waals surface area (Å²) in [4.78, 5) is 35.2. The molecule has 0 aromatic carbocycles. The molecule has 2 amide bonds. The number of nitrogens with one attached hydrogen (secondary N) is 2. The van der Waals surface area contributed by atoms with Crippen LogP contribution in [0.4, 0.5) is 5.00 Å². The van der Waals surface area contributed by atoms with Crippen molar-refractivity contribution in [2.45, 2.75) is 13.8 Å². The number of hydrogen-bond acceptors (Lipinski definition) is 5. The van der Waals surface area contributed by atoms with E-state index >= 15 is 0 Å². The molecule has 2 aromatic rings. The van der Waals surface area contributed by atoms with Crippen LogP contribution in [0, 0.1) is 13.8 Å². The van der Waals surface area contributed by atoms with E-state index in [-0.39, 0.29) is 5.69 Å². The summed E-state index contributed by atoms with van der Waals surface area (Å²) in [5.41, 5.74) is 6.00. The molecule has 0 saturated carbocycles. The van der Waals surface area contributed by atoms with Crippen LogP contribution in [0.25, 0.3) is 0 Å². The van der Waals surface area contributed by atoms with Crippen molar-refractivity contribution in [1.29, 1.82) is 0 Å². The zero-order chi connectivity index (χ0) is 14.9. The fraction of sp³-hybridized carbons (Fsp3) is 0.167. The Labute approximate surface area is 117 Å². The van der Waals surface area contributed by atoms with Gasteiger partial charge in [0.25, 0.3) is 17.4 Å². The molecule has 2 rings (SSSR count). The number of hydrogen-bond donors (Lipinski definition) is 3. The molecule has 4 N–H and O–H groups in total. The summed E-state index contributed by atoms with van der Waals surface area (Å²) in [6, 6.07) is 2.49. The molecule has 0 aliphatic rings. The zero-order valence-electron chi connectivity index (χ0n) is 10.8. The molecule has 0 atom stereocenters. The number of thiophene rings is 1. The van der Waals surface area contributed by atoms with Crippen molar-refractivity contribution in [3.63, 3.8) is 0 Å². The molecule has 8 heteroatoms. The first-order valence-corrected chi connectivity index (χ1v) is 6.48.